The van der Waals surface area contributed by atoms with Gasteiger partial charge >= 0.3 is 0 Å². The molecule has 1 aliphatic heterocycles. The minimum atomic E-state index is -3.23. The van der Waals surface area contributed by atoms with Gasteiger partial charge in [0.25, 0.3) is 0 Å². The largest absolute Gasteiger partial charge is 0.395 e. The monoisotopic (exact) mass is 278 g/mol. The van der Waals surface area contributed by atoms with Gasteiger partial charge in [-0.1, -0.05) is 13.8 Å². The van der Waals surface area contributed by atoms with Crippen LogP contribution in [0.5, 0.6) is 0 Å². The Balaban J connectivity index is 2.57. The number of hydrogen-bond donors (Lipinski definition) is 2. The molecule has 0 aromatic rings. The van der Waals surface area contributed by atoms with E-state index in [4.69, 9.17) is 5.11 Å². The summed E-state index contributed by atoms with van der Waals surface area (Å²) >= 11 is 0. The molecule has 1 saturated heterocycles. The van der Waals surface area contributed by atoms with E-state index in [1.807, 2.05) is 13.8 Å². The molecule has 1 rings (SSSR count). The van der Waals surface area contributed by atoms with E-state index in [0.717, 1.165) is 19.4 Å². The van der Waals surface area contributed by atoms with Gasteiger partial charge in [-0.25, -0.2) is 8.42 Å². The summed E-state index contributed by atoms with van der Waals surface area (Å²) in [6.07, 6.45) is 2.79. The molecule has 0 aromatic carbocycles. The summed E-state index contributed by atoms with van der Waals surface area (Å²) in [5, 5.41) is 12.3. The van der Waals surface area contributed by atoms with Gasteiger partial charge in [-0.05, 0) is 31.7 Å². The van der Waals surface area contributed by atoms with E-state index < -0.39 is 10.0 Å². The minimum absolute atomic E-state index is 0.117. The molecule has 1 fully saturated rings. The molecule has 18 heavy (non-hydrogen) atoms. The molecular formula is C12H26N2O3S. The Morgan fingerprint density at radius 2 is 2.17 bits per heavy atom. The topological polar surface area (TPSA) is 69.6 Å². The van der Waals surface area contributed by atoms with Gasteiger partial charge in [-0.15, -0.1) is 0 Å². The Morgan fingerprint density at radius 1 is 1.44 bits per heavy atom. The van der Waals surface area contributed by atoms with Crippen LogP contribution in [0.3, 0.4) is 0 Å². The average molecular weight is 278 g/mol. The summed E-state index contributed by atoms with van der Waals surface area (Å²) in [5.41, 5.74) is 0. The fourth-order valence-electron chi connectivity index (χ4n) is 2.13. The SMILES string of the molecule is CC(C)CCS(=O)(=O)N(CCO)CC1CCCN1. The van der Waals surface area contributed by atoms with Crippen LogP contribution >= 0.6 is 0 Å². The Bertz CT molecular complexity index is 324. The Morgan fingerprint density at radius 3 is 2.67 bits per heavy atom. The van der Waals surface area contributed by atoms with Crippen molar-refractivity contribution >= 4 is 10.0 Å². The van der Waals surface area contributed by atoms with Crippen LogP contribution in [0.4, 0.5) is 0 Å². The molecular weight excluding hydrogens is 252 g/mol. The van der Waals surface area contributed by atoms with Crippen LogP contribution in [0, 0.1) is 5.92 Å². The van der Waals surface area contributed by atoms with Crippen LogP contribution in [-0.2, 0) is 10.0 Å². The predicted molar refractivity (Wildman–Crippen MR) is 72.9 cm³/mol. The van der Waals surface area contributed by atoms with Crippen LogP contribution in [0.1, 0.15) is 33.1 Å². The second-order valence-corrected chi connectivity index (χ2v) is 7.46. The maximum absolute atomic E-state index is 12.2. The molecule has 0 aliphatic carbocycles. The molecule has 1 atom stereocenters. The van der Waals surface area contributed by atoms with Crippen molar-refractivity contribution in [3.63, 3.8) is 0 Å². The third kappa shape index (κ3) is 5.22. The molecule has 108 valence electrons. The van der Waals surface area contributed by atoms with E-state index in [0.29, 0.717) is 18.9 Å². The maximum atomic E-state index is 12.2. The number of rotatable bonds is 8. The van der Waals surface area contributed by atoms with Crippen LogP contribution in [-0.4, -0.2) is 55.9 Å². The molecule has 6 heteroatoms. The van der Waals surface area contributed by atoms with Gasteiger partial charge in [0.1, 0.15) is 0 Å². The van der Waals surface area contributed by atoms with Gasteiger partial charge in [0.2, 0.25) is 10.0 Å². The van der Waals surface area contributed by atoms with Crippen LogP contribution < -0.4 is 5.32 Å². The molecule has 1 aliphatic rings. The quantitative estimate of drug-likeness (QED) is 0.675. The predicted octanol–water partition coefficient (Wildman–Crippen LogP) is 0.409. The smallest absolute Gasteiger partial charge is 0.214 e. The number of hydrogen-bond acceptors (Lipinski definition) is 4. The highest BCUT2D eigenvalue weighted by Crippen LogP contribution is 2.12. The third-order valence-electron chi connectivity index (χ3n) is 3.28. The lowest BCUT2D eigenvalue weighted by Gasteiger charge is -2.24. The van der Waals surface area contributed by atoms with Crippen molar-refractivity contribution in [3.8, 4) is 0 Å². The molecule has 2 N–H and O–H groups in total. The van der Waals surface area contributed by atoms with Gasteiger partial charge in [0.05, 0.1) is 12.4 Å². The Kier molecular flexibility index (Phi) is 6.55. The zero-order chi connectivity index (χ0) is 13.6. The third-order valence-corrected chi connectivity index (χ3v) is 5.15. The molecule has 0 spiro atoms. The van der Waals surface area contributed by atoms with E-state index in [-0.39, 0.29) is 24.9 Å². The summed E-state index contributed by atoms with van der Waals surface area (Å²) in [4.78, 5) is 0. The van der Waals surface area contributed by atoms with Crippen molar-refractivity contribution in [2.45, 2.75) is 39.2 Å². The summed E-state index contributed by atoms with van der Waals surface area (Å²) in [6.45, 7) is 5.58. The van der Waals surface area contributed by atoms with Crippen molar-refractivity contribution < 1.29 is 13.5 Å². The second kappa shape index (κ2) is 7.43. The first kappa shape index (κ1) is 15.9. The molecule has 0 saturated carbocycles. The molecule has 0 amide bonds. The highest BCUT2D eigenvalue weighted by Gasteiger charge is 2.26. The van der Waals surface area contributed by atoms with Gasteiger partial charge in [0, 0.05) is 19.1 Å². The highest BCUT2D eigenvalue weighted by atomic mass is 32.2. The van der Waals surface area contributed by atoms with Gasteiger partial charge in [0.15, 0.2) is 0 Å². The number of nitrogens with one attached hydrogen (secondary N) is 1. The van der Waals surface area contributed by atoms with E-state index >= 15 is 0 Å². The maximum Gasteiger partial charge on any atom is 0.214 e. The van der Waals surface area contributed by atoms with E-state index in [1.54, 1.807) is 0 Å². The first-order valence-corrected chi connectivity index (χ1v) is 8.38. The summed E-state index contributed by atoms with van der Waals surface area (Å²) in [5.74, 6) is 0.553. The molecule has 5 nitrogen and oxygen atoms in total. The Hall–Kier alpha value is -0.170. The standard InChI is InChI=1S/C12H26N2O3S/c1-11(2)5-9-18(16,17)14(7-8-15)10-12-4-3-6-13-12/h11-13,15H,3-10H2,1-2H3. The first-order valence-electron chi connectivity index (χ1n) is 6.77. The van der Waals surface area contributed by atoms with Crippen molar-refractivity contribution in [1.82, 2.24) is 9.62 Å². The Labute approximate surface area is 111 Å². The molecule has 0 radical (unpaired) electrons. The second-order valence-electron chi connectivity index (χ2n) is 5.37. The van der Waals surface area contributed by atoms with Crippen LogP contribution in [0.25, 0.3) is 0 Å². The van der Waals surface area contributed by atoms with E-state index in [9.17, 15) is 8.42 Å². The average Bonchev–Trinajstić information content (AvgIpc) is 2.79. The zero-order valence-electron chi connectivity index (χ0n) is 11.4. The summed E-state index contributed by atoms with van der Waals surface area (Å²) in [6, 6.07) is 0.241. The molecule has 0 aromatic heterocycles. The normalized spacial score (nSPS) is 21.1. The molecule has 1 heterocycles. The number of aliphatic hydroxyl groups is 1. The summed E-state index contributed by atoms with van der Waals surface area (Å²) < 4.78 is 25.8. The zero-order valence-corrected chi connectivity index (χ0v) is 12.2. The summed E-state index contributed by atoms with van der Waals surface area (Å²) in [7, 11) is -3.23. The lowest BCUT2D eigenvalue weighted by molar-refractivity contribution is 0.246. The van der Waals surface area contributed by atoms with E-state index in [2.05, 4.69) is 5.32 Å². The fraction of sp³-hybridized carbons (Fsp3) is 1.00. The molecule has 1 unspecified atom stereocenters. The van der Waals surface area contributed by atoms with Crippen molar-refractivity contribution in [3.05, 3.63) is 0 Å². The lowest BCUT2D eigenvalue weighted by atomic mass is 10.2. The van der Waals surface area contributed by atoms with Crippen molar-refractivity contribution in [2.75, 3.05) is 32.0 Å². The lowest BCUT2D eigenvalue weighted by Crippen LogP contribution is -2.43. The fourth-order valence-corrected chi connectivity index (χ4v) is 3.92. The van der Waals surface area contributed by atoms with Crippen molar-refractivity contribution in [2.24, 2.45) is 5.92 Å². The minimum Gasteiger partial charge on any atom is -0.395 e. The van der Waals surface area contributed by atoms with E-state index in [1.165, 1.54) is 4.31 Å². The van der Waals surface area contributed by atoms with Crippen LogP contribution in [0.2, 0.25) is 0 Å². The number of sulfonamides is 1. The molecule has 0 bridgehead atoms. The number of aliphatic hydroxyl groups excluding tert-OH is 1. The van der Waals surface area contributed by atoms with Crippen LogP contribution in [0.15, 0.2) is 0 Å². The van der Waals surface area contributed by atoms with Crippen molar-refractivity contribution in [1.29, 1.82) is 0 Å². The van der Waals surface area contributed by atoms with Gasteiger partial charge < -0.3 is 10.4 Å². The van der Waals surface area contributed by atoms with Gasteiger partial charge in [-0.2, -0.15) is 4.31 Å². The highest BCUT2D eigenvalue weighted by molar-refractivity contribution is 7.89. The van der Waals surface area contributed by atoms with Gasteiger partial charge in [-0.3, -0.25) is 0 Å². The number of nitrogens with zero attached hydrogens (tertiary/aromatic N) is 1. The first-order chi connectivity index (χ1) is 8.45.